The van der Waals surface area contributed by atoms with Crippen molar-refractivity contribution >= 4 is 26.3 Å². The topological polar surface area (TPSA) is 92.1 Å². The number of alkyl halides is 2. The molecule has 3 fully saturated rings. The molecule has 3 rings (SSSR count). The Balaban J connectivity index is 1.70. The van der Waals surface area contributed by atoms with E-state index in [9.17, 15) is 4.79 Å². The Labute approximate surface area is 114 Å². The van der Waals surface area contributed by atoms with Gasteiger partial charge in [0.2, 0.25) is 0 Å². The van der Waals surface area contributed by atoms with Crippen molar-refractivity contribution in [2.24, 2.45) is 0 Å². The molecule has 3 aliphatic heterocycles. The summed E-state index contributed by atoms with van der Waals surface area (Å²) in [5, 5.41) is 0. The van der Waals surface area contributed by atoms with Gasteiger partial charge >= 0.3 is 114 Å². The molecule has 0 spiro atoms. The van der Waals surface area contributed by atoms with Gasteiger partial charge in [-0.05, 0) is 0 Å². The fourth-order valence-corrected chi connectivity index (χ4v) is 11.6. The average molecular weight is 452 g/mol. The zero-order valence-corrected chi connectivity index (χ0v) is 13.8. The van der Waals surface area contributed by atoms with Gasteiger partial charge in [-0.2, -0.15) is 0 Å². The number of halogens is 2. The second kappa shape index (κ2) is 3.43. The zero-order chi connectivity index (χ0) is 11.6. The molecule has 3 aliphatic rings. The number of carbonyl (C=O) groups is 1. The number of ether oxygens (including phenoxy) is 1. The Morgan fingerprint density at radius 2 is 1.94 bits per heavy atom. The Morgan fingerprint density at radius 3 is 2.25 bits per heavy atom. The molecule has 0 aliphatic carbocycles. The van der Waals surface area contributed by atoms with Crippen molar-refractivity contribution in [2.75, 3.05) is 0 Å². The van der Waals surface area contributed by atoms with Crippen molar-refractivity contribution in [1.29, 1.82) is 0 Å². The summed E-state index contributed by atoms with van der Waals surface area (Å²) < 4.78 is 15.6. The van der Waals surface area contributed by atoms with E-state index in [1.807, 2.05) is 6.92 Å². The first-order chi connectivity index (χ1) is 7.52. The Kier molecular flexibility index (Phi) is 2.54. The maximum absolute atomic E-state index is 12.3. The van der Waals surface area contributed by atoms with Crippen LogP contribution in [-0.2, 0) is 9.53 Å². The van der Waals surface area contributed by atoms with E-state index in [-0.39, 0.29) is 40.3 Å². The number of nitrogens with one attached hydrogen (secondary N) is 3. The molecule has 3 heterocycles. The van der Waals surface area contributed by atoms with E-state index in [1.54, 1.807) is 0 Å². The predicted octanol–water partition coefficient (Wildman–Crippen LogP) is -2.39. The van der Waals surface area contributed by atoms with Gasteiger partial charge in [-0.25, -0.2) is 0 Å². The van der Waals surface area contributed by atoms with E-state index in [1.165, 1.54) is 0 Å². The first kappa shape index (κ1) is 11.9. The van der Waals surface area contributed by atoms with Gasteiger partial charge in [-0.1, -0.05) is 0 Å². The molecule has 3 N–H and O–H groups in total. The first-order valence-electron chi connectivity index (χ1n) is 5.43. The molecule has 94 valence electrons. The third-order valence-electron chi connectivity index (χ3n) is 3.54. The Bertz CT molecular complexity index is 349. The second-order valence-corrected chi connectivity index (χ2v) is 11.5. The monoisotopic (exact) mass is 452 g/mol. The van der Waals surface area contributed by atoms with Crippen molar-refractivity contribution in [3.63, 3.8) is 0 Å². The van der Waals surface area contributed by atoms with Crippen LogP contribution in [0.3, 0.4) is 0 Å². The predicted molar refractivity (Wildman–Crippen MR) is 64.0 cm³/mol. The number of esters is 1. The molecule has 1 unspecified atom stereocenters. The van der Waals surface area contributed by atoms with Crippen LogP contribution in [0, 0.1) is 0 Å². The molecule has 0 saturated carbocycles. The molecule has 0 aromatic carbocycles. The van der Waals surface area contributed by atoms with Crippen LogP contribution in [-0.4, -0.2) is 18.8 Å². The minimum atomic E-state index is -1.06. The van der Waals surface area contributed by atoms with Crippen LogP contribution < -0.4 is 32.1 Å². The molecule has 0 bridgehead atoms. The van der Waals surface area contributed by atoms with E-state index < -0.39 is 20.4 Å². The molecule has 1 atom stereocenters. The van der Waals surface area contributed by atoms with Crippen LogP contribution in [0.1, 0.15) is 33.6 Å². The average Bonchev–Trinajstić information content (AvgIpc) is 3.05. The van der Waals surface area contributed by atoms with Crippen LogP contribution in [0.15, 0.2) is 0 Å². The van der Waals surface area contributed by atoms with Crippen LogP contribution in [0.5, 0.6) is 0 Å². The first-order valence-corrected chi connectivity index (χ1v) is 10.8. The van der Waals surface area contributed by atoms with Crippen molar-refractivity contribution in [2.45, 2.75) is 46.4 Å². The number of fused-ring (bicyclic) bond motifs is 1. The summed E-state index contributed by atoms with van der Waals surface area (Å²) >= 11 is -1.27. The Hall–Kier alpha value is 0.810. The summed E-state index contributed by atoms with van der Waals surface area (Å²) in [7, 11) is 0. The van der Waals surface area contributed by atoms with Gasteiger partial charge in [0.15, 0.2) is 0 Å². The van der Waals surface area contributed by atoms with Crippen LogP contribution in [0.4, 0.5) is 0 Å². The number of hydrogen-bond donors (Lipinski definition) is 3. The normalized spacial score (nSPS) is 35.8. The van der Waals surface area contributed by atoms with Gasteiger partial charge in [0.25, 0.3) is 0 Å². The third kappa shape index (κ3) is 1.47. The molecule has 0 aromatic heterocycles. The molecule has 7 heteroatoms. The van der Waals surface area contributed by atoms with Crippen LogP contribution in [0.2, 0.25) is 0 Å². The summed E-state index contributed by atoms with van der Waals surface area (Å²) in [6.45, 7) is 6.16. The SMILES string of the molecule is CCC(C)(CC)OC(=O)C1(C23NI2N3)N[I-]1. The third-order valence-corrected chi connectivity index (χ3v) is 12.0. The second-order valence-electron chi connectivity index (χ2n) is 4.52. The maximum atomic E-state index is 12.3. The quantitative estimate of drug-likeness (QED) is 0.108. The molecular weight excluding hydrogens is 436 g/mol. The fraction of sp³-hybridized carbons (Fsp3) is 0.889. The van der Waals surface area contributed by atoms with Crippen molar-refractivity contribution in [3.8, 4) is 0 Å². The number of rotatable bonds is 5. The molecule has 0 radical (unpaired) electrons. The summed E-state index contributed by atoms with van der Waals surface area (Å²) in [6.07, 6.45) is 1.75. The molecule has 3 saturated heterocycles. The molecule has 0 amide bonds. The molecule has 16 heavy (non-hydrogen) atoms. The number of hydrogen-bond acceptors (Lipinski definition) is 5. The van der Waals surface area contributed by atoms with Crippen molar-refractivity contribution in [3.05, 3.63) is 0 Å². The van der Waals surface area contributed by atoms with Gasteiger partial charge in [-0.3, -0.25) is 0 Å². The van der Waals surface area contributed by atoms with Gasteiger partial charge in [-0.15, -0.1) is 0 Å². The van der Waals surface area contributed by atoms with Gasteiger partial charge < -0.3 is 0 Å². The standard InChI is InChI=1S/C9H16I2N3O2/c1-4-7(3,5-2)16-6(15)8(10-12-8)9-11(13-9)14-9/h12-14H,4-5H2,1-3H3/q-1. The fourth-order valence-electron chi connectivity index (χ4n) is 1.57. The molecule has 5 nitrogen and oxygen atoms in total. The van der Waals surface area contributed by atoms with E-state index in [4.69, 9.17) is 4.74 Å². The summed E-state index contributed by atoms with van der Waals surface area (Å²) in [5.41, 5.74) is -0.294. The molecular formula is C9H16I2N3O2-. The Morgan fingerprint density at radius 1 is 1.44 bits per heavy atom. The van der Waals surface area contributed by atoms with Gasteiger partial charge in [0.05, 0.1) is 0 Å². The van der Waals surface area contributed by atoms with E-state index >= 15 is 0 Å². The minimum absolute atomic E-state index is 0.0243. The van der Waals surface area contributed by atoms with Gasteiger partial charge in [0, 0.05) is 0 Å². The summed E-state index contributed by atoms with van der Waals surface area (Å²) in [6, 6.07) is 0. The number of carbonyl (C=O) groups excluding carboxylic acids is 1. The summed E-state index contributed by atoms with van der Waals surface area (Å²) in [4.78, 5) is 12.3. The van der Waals surface area contributed by atoms with E-state index in [0.717, 1.165) is 12.8 Å². The van der Waals surface area contributed by atoms with E-state index in [0.29, 0.717) is 0 Å². The van der Waals surface area contributed by atoms with Crippen molar-refractivity contribution in [1.82, 2.24) is 10.6 Å². The van der Waals surface area contributed by atoms with Crippen LogP contribution >= 0.6 is 20.4 Å². The van der Waals surface area contributed by atoms with Crippen molar-refractivity contribution < 1.29 is 31.0 Å². The van der Waals surface area contributed by atoms with Gasteiger partial charge in [0.1, 0.15) is 0 Å². The van der Waals surface area contributed by atoms with E-state index in [2.05, 4.69) is 24.4 Å². The molecule has 0 aromatic rings. The zero-order valence-electron chi connectivity index (χ0n) is 9.49. The van der Waals surface area contributed by atoms with Crippen LogP contribution in [0.25, 0.3) is 0 Å². The summed E-state index contributed by atoms with van der Waals surface area (Å²) in [5.74, 6) is -0.0243.